The summed E-state index contributed by atoms with van der Waals surface area (Å²) in [6, 6.07) is 14.0. The predicted molar refractivity (Wildman–Crippen MR) is 80.9 cm³/mol. The number of nitrogens with zero attached hydrogens (tertiary/aromatic N) is 1. The van der Waals surface area contributed by atoms with Crippen molar-refractivity contribution in [2.75, 3.05) is 0 Å². The maximum Gasteiger partial charge on any atom is 0.234 e. The number of rotatable bonds is 4. The lowest BCUT2D eigenvalue weighted by Gasteiger charge is -2.14. The molecule has 0 aromatic heterocycles. The Morgan fingerprint density at radius 1 is 1.24 bits per heavy atom. The van der Waals surface area contributed by atoms with E-state index in [-0.39, 0.29) is 11.7 Å². The molecule has 0 saturated heterocycles. The summed E-state index contributed by atoms with van der Waals surface area (Å²) in [5.41, 5.74) is 5.86. The molecule has 0 atom stereocenters. The smallest absolute Gasteiger partial charge is 0.234 e. The van der Waals surface area contributed by atoms with Gasteiger partial charge in [-0.05, 0) is 29.2 Å². The Kier molecular flexibility index (Phi) is 3.25. The minimum Gasteiger partial charge on any atom is -0.409 e. The van der Waals surface area contributed by atoms with Gasteiger partial charge in [0.05, 0.1) is 0 Å². The van der Waals surface area contributed by atoms with Crippen molar-refractivity contribution in [2.24, 2.45) is 16.3 Å². The summed E-state index contributed by atoms with van der Waals surface area (Å²) in [6.07, 6.45) is 1.26. The number of carbonyl (C=O) groups excluding carboxylic acids is 1. The summed E-state index contributed by atoms with van der Waals surface area (Å²) >= 11 is 0. The van der Waals surface area contributed by atoms with Crippen LogP contribution in [0, 0.1) is 5.41 Å². The van der Waals surface area contributed by atoms with E-state index in [0.29, 0.717) is 19.4 Å². The van der Waals surface area contributed by atoms with E-state index in [2.05, 4.69) is 10.5 Å². The molecule has 0 spiro atoms. The van der Waals surface area contributed by atoms with Crippen LogP contribution in [-0.2, 0) is 11.3 Å². The van der Waals surface area contributed by atoms with Crippen LogP contribution in [0.25, 0.3) is 10.8 Å². The van der Waals surface area contributed by atoms with Crippen LogP contribution >= 0.6 is 0 Å². The van der Waals surface area contributed by atoms with E-state index in [1.54, 1.807) is 0 Å². The molecule has 0 radical (unpaired) electrons. The van der Waals surface area contributed by atoms with Crippen LogP contribution in [0.5, 0.6) is 0 Å². The highest BCUT2D eigenvalue weighted by molar-refractivity contribution is 6.09. The molecule has 1 aliphatic carbocycles. The minimum absolute atomic E-state index is 0.00193. The minimum atomic E-state index is -0.806. The highest BCUT2D eigenvalue weighted by atomic mass is 16.4. The Bertz CT molecular complexity index is 715. The van der Waals surface area contributed by atoms with Gasteiger partial charge in [-0.15, -0.1) is 0 Å². The van der Waals surface area contributed by atoms with Gasteiger partial charge in [0.2, 0.25) is 5.91 Å². The van der Waals surface area contributed by atoms with Crippen LogP contribution in [0.1, 0.15) is 18.4 Å². The number of hydrogen-bond acceptors (Lipinski definition) is 3. The maximum absolute atomic E-state index is 12.3. The number of hydrogen-bond donors (Lipinski definition) is 3. The zero-order valence-corrected chi connectivity index (χ0v) is 11.5. The summed E-state index contributed by atoms with van der Waals surface area (Å²) < 4.78 is 0. The molecule has 5 nitrogen and oxygen atoms in total. The van der Waals surface area contributed by atoms with Crippen molar-refractivity contribution in [3.63, 3.8) is 0 Å². The van der Waals surface area contributed by atoms with Gasteiger partial charge in [0.25, 0.3) is 0 Å². The normalized spacial score (nSPS) is 16.7. The number of nitrogens with two attached hydrogens (primary N) is 1. The second kappa shape index (κ2) is 5.09. The van der Waals surface area contributed by atoms with Crippen LogP contribution in [0.2, 0.25) is 0 Å². The lowest BCUT2D eigenvalue weighted by atomic mass is 10.0. The topological polar surface area (TPSA) is 87.7 Å². The van der Waals surface area contributed by atoms with Gasteiger partial charge in [-0.2, -0.15) is 0 Å². The summed E-state index contributed by atoms with van der Waals surface area (Å²) in [6.45, 7) is 0.431. The molecule has 1 aliphatic rings. The van der Waals surface area contributed by atoms with Crippen LogP contribution in [0.15, 0.2) is 47.6 Å². The molecule has 0 aliphatic heterocycles. The number of oxime groups is 1. The molecule has 5 heteroatoms. The third-order valence-corrected chi connectivity index (χ3v) is 4.10. The summed E-state index contributed by atoms with van der Waals surface area (Å²) in [5.74, 6) is -0.177. The molecule has 0 heterocycles. The van der Waals surface area contributed by atoms with Crippen molar-refractivity contribution in [2.45, 2.75) is 19.4 Å². The van der Waals surface area contributed by atoms with Crippen molar-refractivity contribution in [1.29, 1.82) is 0 Å². The lowest BCUT2D eigenvalue weighted by molar-refractivity contribution is -0.124. The fourth-order valence-corrected chi connectivity index (χ4v) is 2.61. The summed E-state index contributed by atoms with van der Waals surface area (Å²) in [4.78, 5) is 12.3. The van der Waals surface area contributed by atoms with E-state index in [9.17, 15) is 4.79 Å². The Morgan fingerprint density at radius 2 is 1.95 bits per heavy atom. The molecule has 1 saturated carbocycles. The van der Waals surface area contributed by atoms with Gasteiger partial charge in [0.15, 0.2) is 5.84 Å². The average Bonchev–Trinajstić information content (AvgIpc) is 3.33. The Labute approximate surface area is 122 Å². The SMILES string of the molecule is N/C(=N/O)C1(C(=O)NCc2cccc3ccccc23)CC1. The zero-order valence-electron chi connectivity index (χ0n) is 11.5. The Morgan fingerprint density at radius 3 is 2.67 bits per heavy atom. The van der Waals surface area contributed by atoms with Gasteiger partial charge in [-0.3, -0.25) is 4.79 Å². The monoisotopic (exact) mass is 283 g/mol. The molecule has 1 amide bonds. The third-order valence-electron chi connectivity index (χ3n) is 4.10. The van der Waals surface area contributed by atoms with E-state index in [0.717, 1.165) is 16.3 Å². The molecule has 4 N–H and O–H groups in total. The molecule has 0 unspecified atom stereocenters. The van der Waals surface area contributed by atoms with Gasteiger partial charge in [0.1, 0.15) is 5.41 Å². The molecular weight excluding hydrogens is 266 g/mol. The van der Waals surface area contributed by atoms with Crippen molar-refractivity contribution in [3.8, 4) is 0 Å². The van der Waals surface area contributed by atoms with Crippen LogP contribution < -0.4 is 11.1 Å². The lowest BCUT2D eigenvalue weighted by Crippen LogP contribution is -2.40. The van der Waals surface area contributed by atoms with E-state index in [1.165, 1.54) is 0 Å². The first-order valence-corrected chi connectivity index (χ1v) is 6.90. The molecule has 0 bridgehead atoms. The highest BCUT2D eigenvalue weighted by Gasteiger charge is 2.54. The van der Waals surface area contributed by atoms with E-state index < -0.39 is 5.41 Å². The van der Waals surface area contributed by atoms with Gasteiger partial charge >= 0.3 is 0 Å². The highest BCUT2D eigenvalue weighted by Crippen LogP contribution is 2.46. The molecular formula is C16H17N3O2. The average molecular weight is 283 g/mol. The molecule has 3 rings (SSSR count). The van der Waals surface area contributed by atoms with Crippen molar-refractivity contribution < 1.29 is 10.0 Å². The van der Waals surface area contributed by atoms with Crippen molar-refractivity contribution in [1.82, 2.24) is 5.32 Å². The molecule has 2 aromatic carbocycles. The third kappa shape index (κ3) is 2.31. The Hall–Kier alpha value is -2.56. The van der Waals surface area contributed by atoms with Crippen molar-refractivity contribution in [3.05, 3.63) is 48.0 Å². The van der Waals surface area contributed by atoms with E-state index in [4.69, 9.17) is 10.9 Å². The number of carbonyl (C=O) groups is 1. The number of nitrogens with one attached hydrogen (secondary N) is 1. The number of benzene rings is 2. The molecule has 1 fully saturated rings. The predicted octanol–water partition coefficient (Wildman–Crippen LogP) is 1.98. The van der Waals surface area contributed by atoms with Crippen LogP contribution in [0.4, 0.5) is 0 Å². The zero-order chi connectivity index (χ0) is 14.9. The molecule has 21 heavy (non-hydrogen) atoms. The van der Waals surface area contributed by atoms with Crippen molar-refractivity contribution >= 4 is 22.5 Å². The second-order valence-corrected chi connectivity index (χ2v) is 5.39. The van der Waals surface area contributed by atoms with Crippen LogP contribution in [-0.4, -0.2) is 17.0 Å². The summed E-state index contributed by atoms with van der Waals surface area (Å²) in [5, 5.41) is 16.9. The van der Waals surface area contributed by atoms with Crippen LogP contribution in [0.3, 0.4) is 0 Å². The molecule has 2 aromatic rings. The van der Waals surface area contributed by atoms with E-state index >= 15 is 0 Å². The standard InChI is InChI=1S/C16H17N3O2/c17-14(19-21)16(8-9-16)15(20)18-10-12-6-3-5-11-4-1-2-7-13(11)12/h1-7,21H,8-10H2,(H2,17,19)(H,18,20). The number of amides is 1. The quantitative estimate of drug-likeness (QED) is 0.347. The molecule has 108 valence electrons. The first-order chi connectivity index (χ1) is 10.2. The second-order valence-electron chi connectivity index (χ2n) is 5.39. The van der Waals surface area contributed by atoms with Gasteiger partial charge in [0, 0.05) is 6.54 Å². The largest absolute Gasteiger partial charge is 0.409 e. The van der Waals surface area contributed by atoms with E-state index in [1.807, 2.05) is 42.5 Å². The van der Waals surface area contributed by atoms with Gasteiger partial charge in [-0.25, -0.2) is 0 Å². The number of fused-ring (bicyclic) bond motifs is 1. The fourth-order valence-electron chi connectivity index (χ4n) is 2.61. The summed E-state index contributed by atoms with van der Waals surface area (Å²) in [7, 11) is 0. The Balaban J connectivity index is 1.77. The fraction of sp³-hybridized carbons (Fsp3) is 0.250. The maximum atomic E-state index is 12.3. The first-order valence-electron chi connectivity index (χ1n) is 6.90. The van der Waals surface area contributed by atoms with Gasteiger partial charge < -0.3 is 16.3 Å². The number of amidine groups is 1. The first kappa shape index (κ1) is 13.4. The van der Waals surface area contributed by atoms with Gasteiger partial charge in [-0.1, -0.05) is 47.6 Å².